The SMILES string of the molecule is O=C1CCC(=O)N(c2ccc(C(=O)Nc3cccc4ncccc34)cc2)N1. The molecule has 2 heterocycles. The third-order valence-corrected chi connectivity index (χ3v) is 4.33. The number of nitrogens with one attached hydrogen (secondary N) is 2. The van der Waals surface area contributed by atoms with E-state index in [0.29, 0.717) is 16.9 Å². The van der Waals surface area contributed by atoms with E-state index in [1.54, 1.807) is 30.5 Å². The lowest BCUT2D eigenvalue weighted by atomic mass is 10.1. The molecule has 1 aliphatic heterocycles. The van der Waals surface area contributed by atoms with Crippen LogP contribution in [0.15, 0.2) is 60.8 Å². The average molecular weight is 360 g/mol. The highest BCUT2D eigenvalue weighted by molar-refractivity contribution is 6.09. The van der Waals surface area contributed by atoms with Gasteiger partial charge in [-0.15, -0.1) is 0 Å². The van der Waals surface area contributed by atoms with E-state index in [0.717, 1.165) is 10.9 Å². The Morgan fingerprint density at radius 1 is 1.00 bits per heavy atom. The smallest absolute Gasteiger partial charge is 0.255 e. The quantitative estimate of drug-likeness (QED) is 0.751. The van der Waals surface area contributed by atoms with E-state index in [9.17, 15) is 14.4 Å². The van der Waals surface area contributed by atoms with Gasteiger partial charge in [0.2, 0.25) is 11.8 Å². The van der Waals surface area contributed by atoms with Crippen molar-refractivity contribution in [3.8, 4) is 0 Å². The molecule has 0 atom stereocenters. The number of hydrogen-bond donors (Lipinski definition) is 2. The van der Waals surface area contributed by atoms with Gasteiger partial charge >= 0.3 is 0 Å². The third kappa shape index (κ3) is 3.35. The van der Waals surface area contributed by atoms with E-state index >= 15 is 0 Å². The summed E-state index contributed by atoms with van der Waals surface area (Å²) in [5.74, 6) is -0.664. The van der Waals surface area contributed by atoms with Crippen LogP contribution in [0.25, 0.3) is 10.9 Å². The molecular formula is C20H16N4O3. The molecule has 0 bridgehead atoms. The number of carbonyl (C=O) groups is 3. The fraction of sp³-hybridized carbons (Fsp3) is 0.100. The van der Waals surface area contributed by atoms with Crippen molar-refractivity contribution in [2.24, 2.45) is 0 Å². The van der Waals surface area contributed by atoms with Gasteiger partial charge in [0, 0.05) is 30.0 Å². The number of hydrazine groups is 1. The molecule has 0 aliphatic carbocycles. The van der Waals surface area contributed by atoms with E-state index in [1.165, 1.54) is 5.01 Å². The number of fused-ring (bicyclic) bond motifs is 1. The van der Waals surface area contributed by atoms with Crippen LogP contribution in [0.1, 0.15) is 23.2 Å². The van der Waals surface area contributed by atoms with Crippen molar-refractivity contribution >= 4 is 40.0 Å². The molecule has 1 saturated heterocycles. The number of hydrogen-bond acceptors (Lipinski definition) is 4. The van der Waals surface area contributed by atoms with Crippen molar-refractivity contribution in [3.05, 3.63) is 66.4 Å². The van der Waals surface area contributed by atoms with Crippen LogP contribution in [0, 0.1) is 0 Å². The topological polar surface area (TPSA) is 91.4 Å². The number of aromatic nitrogens is 1. The second-order valence-electron chi connectivity index (χ2n) is 6.14. The lowest BCUT2D eigenvalue weighted by Gasteiger charge is -2.27. The molecule has 0 radical (unpaired) electrons. The third-order valence-electron chi connectivity index (χ3n) is 4.33. The molecule has 1 fully saturated rings. The molecular weight excluding hydrogens is 344 g/mol. The summed E-state index contributed by atoms with van der Waals surface area (Å²) in [6.45, 7) is 0. The molecule has 4 rings (SSSR count). The van der Waals surface area contributed by atoms with Gasteiger partial charge in [-0.2, -0.15) is 0 Å². The first-order valence-corrected chi connectivity index (χ1v) is 8.49. The summed E-state index contributed by atoms with van der Waals surface area (Å²) in [4.78, 5) is 40.3. The fourth-order valence-corrected chi connectivity index (χ4v) is 2.95. The summed E-state index contributed by atoms with van der Waals surface area (Å²) in [6.07, 6.45) is 2.06. The van der Waals surface area contributed by atoms with Gasteiger partial charge in [-0.25, -0.2) is 5.01 Å². The first-order chi connectivity index (χ1) is 13.1. The molecule has 0 spiro atoms. The Morgan fingerprint density at radius 2 is 1.81 bits per heavy atom. The maximum absolute atomic E-state index is 12.6. The lowest BCUT2D eigenvalue weighted by Crippen LogP contribution is -2.50. The van der Waals surface area contributed by atoms with Crippen LogP contribution in [-0.4, -0.2) is 22.7 Å². The summed E-state index contributed by atoms with van der Waals surface area (Å²) < 4.78 is 0. The zero-order valence-corrected chi connectivity index (χ0v) is 14.3. The van der Waals surface area contributed by atoms with Crippen molar-refractivity contribution in [1.82, 2.24) is 10.4 Å². The molecule has 3 aromatic rings. The van der Waals surface area contributed by atoms with Crippen LogP contribution >= 0.6 is 0 Å². The van der Waals surface area contributed by atoms with Crippen LogP contribution < -0.4 is 15.8 Å². The monoisotopic (exact) mass is 360 g/mol. The molecule has 2 aromatic carbocycles. The van der Waals surface area contributed by atoms with E-state index in [1.807, 2.05) is 30.3 Å². The first-order valence-electron chi connectivity index (χ1n) is 8.49. The highest BCUT2D eigenvalue weighted by atomic mass is 16.2. The molecule has 1 aliphatic rings. The predicted molar refractivity (Wildman–Crippen MR) is 101 cm³/mol. The summed E-state index contributed by atoms with van der Waals surface area (Å²) in [5.41, 5.74) is 4.95. The lowest BCUT2D eigenvalue weighted by molar-refractivity contribution is -0.130. The van der Waals surface area contributed by atoms with Gasteiger partial charge in [0.1, 0.15) is 0 Å². The maximum atomic E-state index is 12.6. The van der Waals surface area contributed by atoms with E-state index < -0.39 is 0 Å². The minimum atomic E-state index is -0.271. The minimum Gasteiger partial charge on any atom is -0.321 e. The molecule has 7 heteroatoms. The second-order valence-corrected chi connectivity index (χ2v) is 6.14. The Bertz CT molecular complexity index is 1040. The molecule has 0 unspecified atom stereocenters. The van der Waals surface area contributed by atoms with Crippen molar-refractivity contribution in [1.29, 1.82) is 0 Å². The first kappa shape index (κ1) is 16.7. The van der Waals surface area contributed by atoms with Gasteiger partial charge < -0.3 is 5.32 Å². The van der Waals surface area contributed by atoms with E-state index in [-0.39, 0.29) is 30.6 Å². The molecule has 7 nitrogen and oxygen atoms in total. The molecule has 3 amide bonds. The fourth-order valence-electron chi connectivity index (χ4n) is 2.95. The number of nitrogens with zero attached hydrogens (tertiary/aromatic N) is 2. The number of amides is 3. The van der Waals surface area contributed by atoms with Crippen molar-refractivity contribution in [3.63, 3.8) is 0 Å². The molecule has 27 heavy (non-hydrogen) atoms. The van der Waals surface area contributed by atoms with Gasteiger partial charge in [0.05, 0.1) is 16.9 Å². The molecule has 0 saturated carbocycles. The van der Waals surface area contributed by atoms with Gasteiger partial charge in [-0.3, -0.25) is 24.8 Å². The number of rotatable bonds is 3. The van der Waals surface area contributed by atoms with Crippen LogP contribution in [-0.2, 0) is 9.59 Å². The zero-order valence-electron chi connectivity index (χ0n) is 14.3. The number of pyridine rings is 1. The molecule has 134 valence electrons. The van der Waals surface area contributed by atoms with Crippen LogP contribution in [0.5, 0.6) is 0 Å². The largest absolute Gasteiger partial charge is 0.321 e. The highest BCUT2D eigenvalue weighted by Crippen LogP contribution is 2.23. The minimum absolute atomic E-state index is 0.170. The molecule has 2 N–H and O–H groups in total. The standard InChI is InChI=1S/C20H16N4O3/c25-18-10-11-19(26)24(23-18)14-8-6-13(7-9-14)20(27)22-17-5-1-4-16-15(17)3-2-12-21-16/h1-9,12H,10-11H2,(H,22,27)(H,23,25). The van der Waals surface area contributed by atoms with Gasteiger partial charge in [0.15, 0.2) is 0 Å². The maximum Gasteiger partial charge on any atom is 0.255 e. The van der Waals surface area contributed by atoms with E-state index in [4.69, 9.17) is 0 Å². The summed E-state index contributed by atoms with van der Waals surface area (Å²) in [5, 5.41) is 4.95. The number of carbonyl (C=O) groups excluding carboxylic acids is 3. The van der Waals surface area contributed by atoms with Gasteiger partial charge in [-0.05, 0) is 48.5 Å². The van der Waals surface area contributed by atoms with Crippen molar-refractivity contribution in [2.75, 3.05) is 10.3 Å². The van der Waals surface area contributed by atoms with Gasteiger partial charge in [0.25, 0.3) is 5.91 Å². The normalized spacial score (nSPS) is 14.1. The summed E-state index contributed by atoms with van der Waals surface area (Å²) >= 11 is 0. The Balaban J connectivity index is 1.54. The summed E-state index contributed by atoms with van der Waals surface area (Å²) in [6, 6.07) is 15.7. The zero-order chi connectivity index (χ0) is 18.8. The van der Waals surface area contributed by atoms with Gasteiger partial charge in [-0.1, -0.05) is 6.07 Å². The molecule has 1 aromatic heterocycles. The summed E-state index contributed by atoms with van der Waals surface area (Å²) in [7, 11) is 0. The number of benzene rings is 2. The predicted octanol–water partition coefficient (Wildman–Crippen LogP) is 2.65. The Kier molecular flexibility index (Phi) is 4.25. The van der Waals surface area contributed by atoms with Crippen molar-refractivity contribution in [2.45, 2.75) is 12.8 Å². The second kappa shape index (κ2) is 6.87. The van der Waals surface area contributed by atoms with E-state index in [2.05, 4.69) is 15.7 Å². The van der Waals surface area contributed by atoms with Crippen LogP contribution in [0.3, 0.4) is 0 Å². The Morgan fingerprint density at radius 3 is 2.63 bits per heavy atom. The highest BCUT2D eigenvalue weighted by Gasteiger charge is 2.24. The van der Waals surface area contributed by atoms with Crippen LogP contribution in [0.4, 0.5) is 11.4 Å². The van der Waals surface area contributed by atoms with Crippen LogP contribution in [0.2, 0.25) is 0 Å². The Labute approximate surface area is 155 Å². The number of anilines is 2. The van der Waals surface area contributed by atoms with Crippen molar-refractivity contribution < 1.29 is 14.4 Å². The average Bonchev–Trinajstić information content (AvgIpc) is 2.70. The Hall–Kier alpha value is -3.74.